The van der Waals surface area contributed by atoms with Gasteiger partial charge < -0.3 is 10.3 Å². The van der Waals surface area contributed by atoms with Gasteiger partial charge in [0.1, 0.15) is 0 Å². The normalized spacial score (nSPS) is 11.5. The zero-order valence-electron chi connectivity index (χ0n) is 12.0. The number of aromatic amines is 1. The minimum absolute atomic E-state index is 0.0219. The van der Waals surface area contributed by atoms with Crippen LogP contribution in [0.15, 0.2) is 48.5 Å². The van der Waals surface area contributed by atoms with E-state index < -0.39 is 17.8 Å². The van der Waals surface area contributed by atoms with Gasteiger partial charge in [-0.2, -0.15) is 13.2 Å². The number of amides is 2. The number of carbonyl (C=O) groups excluding carboxylic acids is 1. The summed E-state index contributed by atoms with van der Waals surface area (Å²) in [4.78, 5) is 15.0. The van der Waals surface area contributed by atoms with E-state index in [1.165, 1.54) is 16.8 Å². The van der Waals surface area contributed by atoms with Crippen molar-refractivity contribution in [3.05, 3.63) is 58.9 Å². The second-order valence-electron chi connectivity index (χ2n) is 4.93. The average Bonchev–Trinajstić information content (AvgIpc) is 2.83. The van der Waals surface area contributed by atoms with Gasteiger partial charge in [-0.3, -0.25) is 0 Å². The second-order valence-corrected chi connectivity index (χ2v) is 5.31. The van der Waals surface area contributed by atoms with E-state index in [2.05, 4.69) is 15.7 Å². The van der Waals surface area contributed by atoms with Gasteiger partial charge in [0.25, 0.3) is 0 Å². The molecule has 24 heavy (non-hydrogen) atoms. The number of para-hydroxylation sites is 2. The lowest BCUT2D eigenvalue weighted by molar-refractivity contribution is -0.137. The summed E-state index contributed by atoms with van der Waals surface area (Å²) < 4.78 is 39.7. The SMILES string of the molecule is O=C(Nc1cccc(C(F)(F)F)c1)Nn1c(=S)[nH]c2ccccc21. The van der Waals surface area contributed by atoms with Crippen LogP contribution in [0.4, 0.5) is 23.7 Å². The van der Waals surface area contributed by atoms with Gasteiger partial charge >= 0.3 is 12.2 Å². The topological polar surface area (TPSA) is 61.9 Å². The highest BCUT2D eigenvalue weighted by Crippen LogP contribution is 2.30. The lowest BCUT2D eigenvalue weighted by atomic mass is 10.2. The molecular weight excluding hydrogens is 341 g/mol. The van der Waals surface area contributed by atoms with E-state index in [0.717, 1.165) is 17.6 Å². The molecule has 0 aliphatic rings. The molecule has 2 amide bonds. The first-order chi connectivity index (χ1) is 11.3. The number of benzene rings is 2. The van der Waals surface area contributed by atoms with Gasteiger partial charge in [-0.15, -0.1) is 0 Å². The molecule has 0 bridgehead atoms. The van der Waals surface area contributed by atoms with Crippen LogP contribution in [0.3, 0.4) is 0 Å². The fraction of sp³-hybridized carbons (Fsp3) is 0.0667. The van der Waals surface area contributed by atoms with Crippen LogP contribution in [-0.2, 0) is 6.18 Å². The average molecular weight is 352 g/mol. The molecule has 0 saturated heterocycles. The van der Waals surface area contributed by atoms with Crippen LogP contribution in [0.25, 0.3) is 11.0 Å². The summed E-state index contributed by atoms with van der Waals surface area (Å²) in [6.07, 6.45) is -4.48. The maximum atomic E-state index is 12.7. The number of halogens is 3. The molecule has 1 aromatic heterocycles. The largest absolute Gasteiger partial charge is 0.416 e. The summed E-state index contributed by atoms with van der Waals surface area (Å²) >= 11 is 5.12. The molecule has 0 aliphatic heterocycles. The highest BCUT2D eigenvalue weighted by atomic mass is 32.1. The van der Waals surface area contributed by atoms with Crippen molar-refractivity contribution in [3.8, 4) is 0 Å². The first kappa shape index (κ1) is 16.1. The van der Waals surface area contributed by atoms with Crippen molar-refractivity contribution in [2.24, 2.45) is 0 Å². The number of alkyl halides is 3. The van der Waals surface area contributed by atoms with Gasteiger partial charge in [-0.05, 0) is 42.5 Å². The Kier molecular flexibility index (Phi) is 4.02. The van der Waals surface area contributed by atoms with E-state index in [-0.39, 0.29) is 10.5 Å². The zero-order chi connectivity index (χ0) is 17.3. The number of nitrogens with zero attached hydrogens (tertiary/aromatic N) is 1. The van der Waals surface area contributed by atoms with Gasteiger partial charge in [0.15, 0.2) is 4.77 Å². The Morgan fingerprint density at radius 2 is 1.88 bits per heavy atom. The molecule has 0 fully saturated rings. The van der Waals surface area contributed by atoms with E-state index in [1.807, 2.05) is 0 Å². The third-order valence-corrected chi connectivity index (χ3v) is 3.54. The Labute approximate surface area is 139 Å². The van der Waals surface area contributed by atoms with E-state index >= 15 is 0 Å². The molecule has 0 unspecified atom stereocenters. The van der Waals surface area contributed by atoms with E-state index in [4.69, 9.17) is 12.2 Å². The van der Waals surface area contributed by atoms with Crippen molar-refractivity contribution in [2.45, 2.75) is 6.18 Å². The van der Waals surface area contributed by atoms with Crippen LogP contribution in [0, 0.1) is 4.77 Å². The quantitative estimate of drug-likeness (QED) is 0.595. The van der Waals surface area contributed by atoms with Crippen molar-refractivity contribution in [2.75, 3.05) is 10.7 Å². The first-order valence-corrected chi connectivity index (χ1v) is 7.20. The molecule has 0 aliphatic carbocycles. The van der Waals surface area contributed by atoms with Crippen LogP contribution in [-0.4, -0.2) is 15.7 Å². The summed E-state index contributed by atoms with van der Waals surface area (Å²) in [7, 11) is 0. The fourth-order valence-corrected chi connectivity index (χ4v) is 2.45. The molecule has 3 aromatic rings. The third kappa shape index (κ3) is 3.25. The fourth-order valence-electron chi connectivity index (χ4n) is 2.20. The van der Waals surface area contributed by atoms with Gasteiger partial charge in [0.05, 0.1) is 16.6 Å². The van der Waals surface area contributed by atoms with Gasteiger partial charge in [-0.25, -0.2) is 14.9 Å². The number of carbonyl (C=O) groups is 1. The maximum Gasteiger partial charge on any atom is 0.416 e. The van der Waals surface area contributed by atoms with Crippen molar-refractivity contribution >= 4 is 35.0 Å². The number of urea groups is 1. The number of aromatic nitrogens is 2. The highest BCUT2D eigenvalue weighted by molar-refractivity contribution is 7.71. The van der Waals surface area contributed by atoms with E-state index in [1.54, 1.807) is 24.3 Å². The number of imidazole rings is 1. The molecule has 0 atom stereocenters. The van der Waals surface area contributed by atoms with Gasteiger partial charge in [0.2, 0.25) is 0 Å². The predicted molar refractivity (Wildman–Crippen MR) is 86.9 cm³/mol. The number of hydrogen-bond donors (Lipinski definition) is 3. The molecule has 0 radical (unpaired) electrons. The molecule has 9 heteroatoms. The molecule has 3 rings (SSSR count). The summed E-state index contributed by atoms with van der Waals surface area (Å²) in [6, 6.07) is 10.8. The Morgan fingerprint density at radius 1 is 1.12 bits per heavy atom. The highest BCUT2D eigenvalue weighted by Gasteiger charge is 2.30. The molecule has 0 spiro atoms. The number of H-pyrrole nitrogens is 1. The minimum Gasteiger partial charge on any atom is -0.329 e. The summed E-state index contributed by atoms with van der Waals surface area (Å²) in [5.74, 6) is 0. The number of nitrogens with one attached hydrogen (secondary N) is 3. The second kappa shape index (κ2) is 6.00. The van der Waals surface area contributed by atoms with Crippen LogP contribution in [0.5, 0.6) is 0 Å². The number of rotatable bonds is 2. The number of fused-ring (bicyclic) bond motifs is 1. The molecule has 2 aromatic carbocycles. The smallest absolute Gasteiger partial charge is 0.329 e. The van der Waals surface area contributed by atoms with Crippen LogP contribution in [0.1, 0.15) is 5.56 Å². The summed E-state index contributed by atoms with van der Waals surface area (Å²) in [5.41, 5.74) is 3.03. The zero-order valence-corrected chi connectivity index (χ0v) is 12.8. The number of anilines is 1. The maximum absolute atomic E-state index is 12.7. The van der Waals surface area contributed by atoms with Gasteiger partial charge in [-0.1, -0.05) is 18.2 Å². The Hall–Kier alpha value is -2.81. The summed E-state index contributed by atoms with van der Waals surface area (Å²) in [5, 5.41) is 2.35. The molecule has 5 nitrogen and oxygen atoms in total. The monoisotopic (exact) mass is 352 g/mol. The standard InChI is InChI=1S/C15H11F3N4OS/c16-15(17,18)9-4-3-5-10(8-9)19-13(23)21-22-12-7-2-1-6-11(12)20-14(22)24/h1-8H,(H,20,24)(H2,19,21,23). The predicted octanol–water partition coefficient (Wildman–Crippen LogP) is 4.49. The minimum atomic E-state index is -4.48. The Balaban J connectivity index is 1.81. The van der Waals surface area contributed by atoms with Crippen molar-refractivity contribution in [3.63, 3.8) is 0 Å². The van der Waals surface area contributed by atoms with Crippen molar-refractivity contribution < 1.29 is 18.0 Å². The lowest BCUT2D eigenvalue weighted by Crippen LogP contribution is -2.27. The van der Waals surface area contributed by atoms with E-state index in [0.29, 0.717) is 5.52 Å². The molecular formula is C15H11F3N4OS. The Bertz CT molecular complexity index is 961. The van der Waals surface area contributed by atoms with Crippen LogP contribution < -0.4 is 10.7 Å². The Morgan fingerprint density at radius 3 is 2.62 bits per heavy atom. The molecule has 1 heterocycles. The van der Waals surface area contributed by atoms with Crippen molar-refractivity contribution in [1.29, 1.82) is 0 Å². The molecule has 124 valence electrons. The summed E-state index contributed by atoms with van der Waals surface area (Å²) in [6.45, 7) is 0. The molecule has 0 saturated carbocycles. The number of hydrogen-bond acceptors (Lipinski definition) is 2. The van der Waals surface area contributed by atoms with Gasteiger partial charge in [0, 0.05) is 5.69 Å². The lowest BCUT2D eigenvalue weighted by Gasteiger charge is -2.11. The van der Waals surface area contributed by atoms with E-state index in [9.17, 15) is 18.0 Å². The van der Waals surface area contributed by atoms with Crippen LogP contribution in [0.2, 0.25) is 0 Å². The van der Waals surface area contributed by atoms with Crippen LogP contribution >= 0.6 is 12.2 Å². The first-order valence-electron chi connectivity index (χ1n) is 6.79. The molecule has 3 N–H and O–H groups in total. The van der Waals surface area contributed by atoms with Crippen molar-refractivity contribution in [1.82, 2.24) is 9.66 Å². The third-order valence-electron chi connectivity index (χ3n) is 3.25.